The summed E-state index contributed by atoms with van der Waals surface area (Å²) in [6.45, 7) is 1.55. The zero-order chi connectivity index (χ0) is 19.6. The molecule has 1 amide bonds. The van der Waals surface area contributed by atoms with Crippen molar-refractivity contribution in [3.8, 4) is 17.2 Å². The number of benzene rings is 2. The molecule has 7 heteroatoms. The lowest BCUT2D eigenvalue weighted by Crippen LogP contribution is -2.07. The van der Waals surface area contributed by atoms with Crippen LogP contribution in [0.25, 0.3) is 6.08 Å². The molecule has 0 heterocycles. The topological polar surface area (TPSA) is 56.8 Å². The molecule has 0 saturated carbocycles. The van der Waals surface area contributed by atoms with Gasteiger partial charge in [0.1, 0.15) is 5.75 Å². The van der Waals surface area contributed by atoms with Crippen molar-refractivity contribution in [1.29, 1.82) is 0 Å². The summed E-state index contributed by atoms with van der Waals surface area (Å²) < 4.78 is 39.9. The standard InChI is InChI=1S/C20H21F2NO4/c1-3-25-16-9-7-15(8-10-16)23-19(24)12-6-14-5-11-17(27-20(21)22)18(13-14)26-4-2/h5-13,20H,3-4H2,1-2H3,(H,23,24)/b12-6+. The van der Waals surface area contributed by atoms with Gasteiger partial charge in [0.05, 0.1) is 13.2 Å². The minimum Gasteiger partial charge on any atom is -0.494 e. The first-order valence-corrected chi connectivity index (χ1v) is 8.45. The molecule has 2 aromatic carbocycles. The first-order valence-electron chi connectivity index (χ1n) is 8.45. The highest BCUT2D eigenvalue weighted by atomic mass is 19.3. The lowest BCUT2D eigenvalue weighted by molar-refractivity contribution is -0.111. The van der Waals surface area contributed by atoms with Crippen LogP contribution < -0.4 is 19.5 Å². The van der Waals surface area contributed by atoms with E-state index in [4.69, 9.17) is 9.47 Å². The summed E-state index contributed by atoms with van der Waals surface area (Å²) in [5.74, 6) is 0.528. The van der Waals surface area contributed by atoms with Gasteiger partial charge < -0.3 is 19.5 Å². The number of anilines is 1. The normalized spacial score (nSPS) is 10.9. The zero-order valence-electron chi connectivity index (χ0n) is 15.1. The molecule has 144 valence electrons. The van der Waals surface area contributed by atoms with Gasteiger partial charge in [-0.2, -0.15) is 8.78 Å². The minimum absolute atomic E-state index is 0.0529. The van der Waals surface area contributed by atoms with E-state index in [0.717, 1.165) is 5.75 Å². The number of carbonyl (C=O) groups excluding carboxylic acids is 1. The lowest BCUT2D eigenvalue weighted by atomic mass is 10.2. The Balaban J connectivity index is 2.03. The molecule has 0 aliphatic heterocycles. The minimum atomic E-state index is -2.94. The van der Waals surface area contributed by atoms with E-state index in [1.54, 1.807) is 43.3 Å². The van der Waals surface area contributed by atoms with Crippen molar-refractivity contribution >= 4 is 17.7 Å². The fourth-order valence-electron chi connectivity index (χ4n) is 2.25. The second kappa shape index (κ2) is 10.2. The Morgan fingerprint density at radius 2 is 1.74 bits per heavy atom. The summed E-state index contributed by atoms with van der Waals surface area (Å²) >= 11 is 0. The summed E-state index contributed by atoms with van der Waals surface area (Å²) in [5.41, 5.74) is 1.24. The van der Waals surface area contributed by atoms with E-state index in [2.05, 4.69) is 10.1 Å². The van der Waals surface area contributed by atoms with Crippen molar-refractivity contribution in [3.63, 3.8) is 0 Å². The Hall–Kier alpha value is -3.09. The van der Waals surface area contributed by atoms with E-state index in [1.807, 2.05) is 6.92 Å². The molecule has 0 aliphatic carbocycles. The molecule has 27 heavy (non-hydrogen) atoms. The van der Waals surface area contributed by atoms with Gasteiger partial charge in [-0.3, -0.25) is 4.79 Å². The number of ether oxygens (including phenoxy) is 3. The molecule has 2 rings (SSSR count). The Labute approximate surface area is 156 Å². The van der Waals surface area contributed by atoms with E-state index in [0.29, 0.717) is 24.5 Å². The predicted octanol–water partition coefficient (Wildman–Crippen LogP) is 4.74. The van der Waals surface area contributed by atoms with Gasteiger partial charge in [0.25, 0.3) is 0 Å². The van der Waals surface area contributed by atoms with Crippen molar-refractivity contribution in [3.05, 3.63) is 54.1 Å². The third-order valence-electron chi connectivity index (χ3n) is 3.34. The average molecular weight is 377 g/mol. The highest BCUT2D eigenvalue weighted by molar-refractivity contribution is 6.01. The van der Waals surface area contributed by atoms with Crippen LogP contribution >= 0.6 is 0 Å². The molecule has 1 N–H and O–H groups in total. The third kappa shape index (κ3) is 6.62. The number of hydrogen-bond donors (Lipinski definition) is 1. The molecule has 0 unspecified atom stereocenters. The van der Waals surface area contributed by atoms with Gasteiger partial charge >= 0.3 is 6.61 Å². The van der Waals surface area contributed by atoms with Crippen molar-refractivity contribution < 1.29 is 27.8 Å². The summed E-state index contributed by atoms with van der Waals surface area (Å²) in [5, 5.41) is 2.72. The molecule has 2 aromatic rings. The van der Waals surface area contributed by atoms with Crippen molar-refractivity contribution in [2.24, 2.45) is 0 Å². The van der Waals surface area contributed by atoms with Crippen molar-refractivity contribution in [1.82, 2.24) is 0 Å². The first-order chi connectivity index (χ1) is 13.0. The van der Waals surface area contributed by atoms with Crippen LogP contribution in [0.2, 0.25) is 0 Å². The monoisotopic (exact) mass is 377 g/mol. The first kappa shape index (κ1) is 20.2. The van der Waals surface area contributed by atoms with Gasteiger partial charge in [-0.25, -0.2) is 0 Å². The smallest absolute Gasteiger partial charge is 0.387 e. The summed E-state index contributed by atoms with van der Waals surface area (Å²) in [4.78, 5) is 12.0. The average Bonchev–Trinajstić information content (AvgIpc) is 2.63. The Bertz CT molecular complexity index is 776. The van der Waals surface area contributed by atoms with Crippen LogP contribution in [-0.4, -0.2) is 25.7 Å². The second-order valence-corrected chi connectivity index (χ2v) is 5.30. The van der Waals surface area contributed by atoms with E-state index in [9.17, 15) is 13.6 Å². The van der Waals surface area contributed by atoms with Gasteiger partial charge in [0.15, 0.2) is 11.5 Å². The van der Waals surface area contributed by atoms with Crippen molar-refractivity contribution in [2.75, 3.05) is 18.5 Å². The number of carbonyl (C=O) groups is 1. The highest BCUT2D eigenvalue weighted by Gasteiger charge is 2.11. The Morgan fingerprint density at radius 1 is 1.04 bits per heavy atom. The molecule has 0 fully saturated rings. The van der Waals surface area contributed by atoms with E-state index in [-0.39, 0.29) is 17.4 Å². The van der Waals surface area contributed by atoms with Crippen LogP contribution in [0.4, 0.5) is 14.5 Å². The Kier molecular flexibility index (Phi) is 7.61. The predicted molar refractivity (Wildman–Crippen MR) is 99.5 cm³/mol. The number of rotatable bonds is 9. The van der Waals surface area contributed by atoms with Gasteiger partial charge in [-0.1, -0.05) is 6.07 Å². The fourth-order valence-corrected chi connectivity index (χ4v) is 2.25. The number of amides is 1. The van der Waals surface area contributed by atoms with Gasteiger partial charge in [0.2, 0.25) is 5.91 Å². The Morgan fingerprint density at radius 3 is 2.37 bits per heavy atom. The molecule has 0 radical (unpaired) electrons. The zero-order valence-corrected chi connectivity index (χ0v) is 15.1. The number of halogens is 2. The maximum Gasteiger partial charge on any atom is 0.387 e. The van der Waals surface area contributed by atoms with Gasteiger partial charge in [-0.15, -0.1) is 0 Å². The number of alkyl halides is 2. The van der Waals surface area contributed by atoms with Gasteiger partial charge in [-0.05, 0) is 61.9 Å². The lowest BCUT2D eigenvalue weighted by Gasteiger charge is -2.11. The fraction of sp³-hybridized carbons (Fsp3) is 0.250. The second-order valence-electron chi connectivity index (χ2n) is 5.30. The largest absolute Gasteiger partial charge is 0.494 e. The van der Waals surface area contributed by atoms with Crippen LogP contribution in [0.3, 0.4) is 0 Å². The molecule has 0 spiro atoms. The molecule has 0 atom stereocenters. The molecule has 0 bridgehead atoms. The molecule has 0 saturated heterocycles. The molecular weight excluding hydrogens is 356 g/mol. The summed E-state index contributed by atoms with van der Waals surface area (Å²) in [6, 6.07) is 11.5. The summed E-state index contributed by atoms with van der Waals surface area (Å²) in [7, 11) is 0. The van der Waals surface area contributed by atoms with E-state index < -0.39 is 6.61 Å². The SMILES string of the molecule is CCOc1ccc(NC(=O)/C=C/c2ccc(OC(F)F)c(OCC)c2)cc1. The van der Waals surface area contributed by atoms with E-state index in [1.165, 1.54) is 18.2 Å². The molecule has 0 aromatic heterocycles. The van der Waals surface area contributed by atoms with E-state index >= 15 is 0 Å². The molecular formula is C20H21F2NO4. The molecule has 0 aliphatic rings. The maximum absolute atomic E-state index is 12.4. The van der Waals surface area contributed by atoms with Crippen LogP contribution in [0.5, 0.6) is 17.2 Å². The third-order valence-corrected chi connectivity index (χ3v) is 3.34. The van der Waals surface area contributed by atoms with Crippen LogP contribution in [0, 0.1) is 0 Å². The van der Waals surface area contributed by atoms with Crippen molar-refractivity contribution in [2.45, 2.75) is 20.5 Å². The maximum atomic E-state index is 12.4. The van der Waals surface area contributed by atoms with Gasteiger partial charge in [0, 0.05) is 11.8 Å². The molecule has 5 nitrogen and oxygen atoms in total. The van der Waals surface area contributed by atoms with Crippen LogP contribution in [0.1, 0.15) is 19.4 Å². The van der Waals surface area contributed by atoms with Crippen LogP contribution in [-0.2, 0) is 4.79 Å². The van der Waals surface area contributed by atoms with Crippen LogP contribution in [0.15, 0.2) is 48.5 Å². The highest BCUT2D eigenvalue weighted by Crippen LogP contribution is 2.30. The number of nitrogens with one attached hydrogen (secondary N) is 1. The summed E-state index contributed by atoms with van der Waals surface area (Å²) in [6.07, 6.45) is 2.90. The quantitative estimate of drug-likeness (QED) is 0.642. The number of hydrogen-bond acceptors (Lipinski definition) is 4.